The van der Waals surface area contributed by atoms with Crippen LogP contribution in [0.5, 0.6) is 5.75 Å². The zero-order valence-electron chi connectivity index (χ0n) is 16.8. The van der Waals surface area contributed by atoms with E-state index in [1.165, 1.54) is 36.6 Å². The van der Waals surface area contributed by atoms with Crippen molar-refractivity contribution in [2.45, 2.75) is 6.92 Å². The average Bonchev–Trinajstić information content (AvgIpc) is 3.31. The number of nitrogens with one attached hydrogen (secondary N) is 3. The van der Waals surface area contributed by atoms with Crippen molar-refractivity contribution >= 4 is 52.6 Å². The topological polar surface area (TPSA) is 126 Å². The molecule has 10 heteroatoms. The van der Waals surface area contributed by atoms with E-state index in [1.54, 1.807) is 53.9 Å². The van der Waals surface area contributed by atoms with Crippen molar-refractivity contribution in [3.8, 4) is 5.75 Å². The van der Waals surface area contributed by atoms with Gasteiger partial charge in [-0.2, -0.15) is 5.10 Å². The van der Waals surface area contributed by atoms with Crippen LogP contribution in [0.4, 0.5) is 11.4 Å². The van der Waals surface area contributed by atoms with Crippen molar-refractivity contribution in [2.75, 3.05) is 10.6 Å². The van der Waals surface area contributed by atoms with Gasteiger partial charge >= 0.3 is 17.8 Å². The molecule has 1 heterocycles. The van der Waals surface area contributed by atoms with E-state index in [1.807, 2.05) is 0 Å². The molecule has 0 saturated heterocycles. The predicted octanol–water partition coefficient (Wildman–Crippen LogP) is 3.01. The van der Waals surface area contributed by atoms with Crippen LogP contribution in [-0.2, 0) is 14.4 Å². The fraction of sp³-hybridized carbons (Fsp3) is 0.0455. The van der Waals surface area contributed by atoms with Crippen molar-refractivity contribution in [1.29, 1.82) is 0 Å². The third kappa shape index (κ3) is 6.34. The number of esters is 1. The Labute approximate surface area is 187 Å². The van der Waals surface area contributed by atoms with Crippen LogP contribution in [0.25, 0.3) is 0 Å². The Morgan fingerprint density at radius 1 is 0.875 bits per heavy atom. The normalized spacial score (nSPS) is 10.4. The molecule has 0 radical (unpaired) electrons. The summed E-state index contributed by atoms with van der Waals surface area (Å²) < 4.78 is 5.37. The highest BCUT2D eigenvalue weighted by atomic mass is 32.1. The molecule has 0 spiro atoms. The van der Waals surface area contributed by atoms with Crippen LogP contribution in [-0.4, -0.2) is 29.9 Å². The highest BCUT2D eigenvalue weighted by Crippen LogP contribution is 2.19. The summed E-state index contributed by atoms with van der Waals surface area (Å²) in [6.07, 6.45) is 1.27. The van der Waals surface area contributed by atoms with Crippen molar-refractivity contribution in [2.24, 2.45) is 5.10 Å². The van der Waals surface area contributed by atoms with E-state index < -0.39 is 17.8 Å². The third-order valence-electron chi connectivity index (χ3n) is 3.88. The Morgan fingerprint density at radius 3 is 2.22 bits per heavy atom. The molecule has 0 aliphatic carbocycles. The van der Waals surface area contributed by atoms with Crippen molar-refractivity contribution in [3.63, 3.8) is 0 Å². The molecule has 3 aromatic rings. The average molecular weight is 450 g/mol. The molecule has 3 N–H and O–H groups in total. The van der Waals surface area contributed by atoms with Gasteiger partial charge in [-0.1, -0.05) is 18.2 Å². The standard InChI is InChI=1S/C22H18N4O5S/c1-14(27)24-16-8-10-17(11-9-16)25-20(28)21(29)26-23-13-15-5-2-3-6-18(15)31-22(30)19-7-4-12-32-19/h2-13H,1H3,(H,24,27)(H,25,28)(H,26,29)/b23-13+. The first kappa shape index (κ1) is 22.4. The largest absolute Gasteiger partial charge is 0.422 e. The highest BCUT2D eigenvalue weighted by molar-refractivity contribution is 7.12. The summed E-state index contributed by atoms with van der Waals surface area (Å²) in [7, 11) is 0. The van der Waals surface area contributed by atoms with Gasteiger partial charge in [0.15, 0.2) is 0 Å². The molecule has 0 aliphatic rings. The zero-order valence-corrected chi connectivity index (χ0v) is 17.6. The molecule has 9 nitrogen and oxygen atoms in total. The molecule has 162 valence electrons. The first-order valence-electron chi connectivity index (χ1n) is 9.29. The number of ether oxygens (including phenoxy) is 1. The number of para-hydroxylation sites is 1. The summed E-state index contributed by atoms with van der Waals surface area (Å²) in [5.74, 6) is -2.38. The van der Waals surface area contributed by atoms with Crippen molar-refractivity contribution < 1.29 is 23.9 Å². The number of carbonyl (C=O) groups excluding carboxylic acids is 4. The number of anilines is 2. The lowest BCUT2D eigenvalue weighted by molar-refractivity contribution is -0.136. The van der Waals surface area contributed by atoms with E-state index in [0.717, 1.165) is 0 Å². The van der Waals surface area contributed by atoms with E-state index in [0.29, 0.717) is 21.8 Å². The second-order valence-corrected chi connectivity index (χ2v) is 7.26. The van der Waals surface area contributed by atoms with Gasteiger partial charge < -0.3 is 15.4 Å². The summed E-state index contributed by atoms with van der Waals surface area (Å²) in [5.41, 5.74) is 3.48. The SMILES string of the molecule is CC(=O)Nc1ccc(NC(=O)C(=O)N/N=C/c2ccccc2OC(=O)c2cccs2)cc1. The molecule has 0 saturated carbocycles. The fourth-order valence-electron chi connectivity index (χ4n) is 2.46. The minimum atomic E-state index is -0.986. The quantitative estimate of drug-likeness (QED) is 0.175. The first-order valence-corrected chi connectivity index (χ1v) is 10.2. The Hall–Kier alpha value is -4.31. The fourth-order valence-corrected chi connectivity index (χ4v) is 3.06. The molecule has 3 amide bonds. The van der Waals surface area contributed by atoms with Gasteiger partial charge in [0.1, 0.15) is 10.6 Å². The van der Waals surface area contributed by atoms with Crippen LogP contribution in [0.3, 0.4) is 0 Å². The Balaban J connectivity index is 1.56. The maximum atomic E-state index is 12.1. The zero-order chi connectivity index (χ0) is 22.9. The number of amides is 3. The van der Waals surface area contributed by atoms with E-state index in [4.69, 9.17) is 4.74 Å². The van der Waals surface area contributed by atoms with Crippen LogP contribution < -0.4 is 20.8 Å². The van der Waals surface area contributed by atoms with Gasteiger partial charge in [-0.05, 0) is 47.8 Å². The molecular formula is C22H18N4O5S. The molecule has 32 heavy (non-hydrogen) atoms. The monoisotopic (exact) mass is 450 g/mol. The maximum absolute atomic E-state index is 12.1. The summed E-state index contributed by atoms with van der Waals surface area (Å²) in [6, 6.07) is 16.3. The summed E-state index contributed by atoms with van der Waals surface area (Å²) in [5, 5.41) is 10.5. The van der Waals surface area contributed by atoms with Gasteiger partial charge in [0.25, 0.3) is 0 Å². The molecular weight excluding hydrogens is 432 g/mol. The van der Waals surface area contributed by atoms with Gasteiger partial charge in [-0.25, -0.2) is 10.2 Å². The van der Waals surface area contributed by atoms with E-state index >= 15 is 0 Å². The van der Waals surface area contributed by atoms with Crippen molar-refractivity contribution in [3.05, 3.63) is 76.5 Å². The van der Waals surface area contributed by atoms with Crippen LogP contribution in [0.2, 0.25) is 0 Å². The molecule has 0 bridgehead atoms. The second-order valence-electron chi connectivity index (χ2n) is 6.32. The van der Waals surface area contributed by atoms with Gasteiger partial charge in [-0.3, -0.25) is 14.4 Å². The molecule has 2 aromatic carbocycles. The second kappa shape index (κ2) is 10.6. The lowest BCUT2D eigenvalue weighted by Gasteiger charge is -2.07. The Kier molecular flexibility index (Phi) is 7.44. The molecule has 0 fully saturated rings. The van der Waals surface area contributed by atoms with E-state index in [9.17, 15) is 19.2 Å². The molecule has 0 atom stereocenters. The number of rotatable bonds is 6. The minimum absolute atomic E-state index is 0.220. The first-order chi connectivity index (χ1) is 15.4. The Bertz CT molecular complexity index is 1160. The molecule has 0 unspecified atom stereocenters. The van der Waals surface area contributed by atoms with Gasteiger partial charge in [0, 0.05) is 23.9 Å². The summed E-state index contributed by atoms with van der Waals surface area (Å²) >= 11 is 1.26. The number of hydrogen-bond acceptors (Lipinski definition) is 7. The number of nitrogens with zero attached hydrogens (tertiary/aromatic N) is 1. The number of thiophene rings is 1. The van der Waals surface area contributed by atoms with E-state index in [2.05, 4.69) is 21.2 Å². The number of hydrazone groups is 1. The molecule has 3 rings (SSSR count). The lowest BCUT2D eigenvalue weighted by atomic mass is 10.2. The highest BCUT2D eigenvalue weighted by Gasteiger charge is 2.14. The van der Waals surface area contributed by atoms with Crippen LogP contribution in [0, 0.1) is 0 Å². The van der Waals surface area contributed by atoms with Gasteiger partial charge in [0.2, 0.25) is 5.91 Å². The van der Waals surface area contributed by atoms with Gasteiger partial charge in [0.05, 0.1) is 6.21 Å². The third-order valence-corrected chi connectivity index (χ3v) is 4.73. The maximum Gasteiger partial charge on any atom is 0.353 e. The van der Waals surface area contributed by atoms with Gasteiger partial charge in [-0.15, -0.1) is 11.3 Å². The number of hydrogen-bond donors (Lipinski definition) is 3. The predicted molar refractivity (Wildman–Crippen MR) is 121 cm³/mol. The van der Waals surface area contributed by atoms with Crippen LogP contribution in [0.15, 0.2) is 71.1 Å². The van der Waals surface area contributed by atoms with Crippen LogP contribution >= 0.6 is 11.3 Å². The lowest BCUT2D eigenvalue weighted by Crippen LogP contribution is -2.32. The number of carbonyl (C=O) groups is 4. The smallest absolute Gasteiger partial charge is 0.353 e. The Morgan fingerprint density at radius 2 is 1.56 bits per heavy atom. The molecule has 0 aliphatic heterocycles. The summed E-state index contributed by atoms with van der Waals surface area (Å²) in [4.78, 5) is 47.6. The minimum Gasteiger partial charge on any atom is -0.422 e. The van der Waals surface area contributed by atoms with E-state index in [-0.39, 0.29) is 11.7 Å². The molecule has 1 aromatic heterocycles. The van der Waals surface area contributed by atoms with Crippen LogP contribution in [0.1, 0.15) is 22.2 Å². The van der Waals surface area contributed by atoms with Crippen molar-refractivity contribution in [1.82, 2.24) is 5.43 Å². The summed E-state index contributed by atoms with van der Waals surface area (Å²) in [6.45, 7) is 1.38. The number of benzene rings is 2.